The van der Waals surface area contributed by atoms with Gasteiger partial charge in [-0.25, -0.2) is 8.42 Å². The van der Waals surface area contributed by atoms with E-state index in [0.717, 1.165) is 18.4 Å². The number of rotatable bonds is 9. The Bertz CT molecular complexity index is 1330. The molecule has 3 N–H and O–H groups in total. The number of carboxylic acid groups (broad SMARTS) is 1. The molecule has 0 fully saturated rings. The van der Waals surface area contributed by atoms with Crippen LogP contribution in [0.1, 0.15) is 41.4 Å². The minimum atomic E-state index is -4.13. The highest BCUT2D eigenvalue weighted by Gasteiger charge is 2.24. The molecule has 0 aliphatic carbocycles. The summed E-state index contributed by atoms with van der Waals surface area (Å²) >= 11 is 0. The van der Waals surface area contributed by atoms with Crippen LogP contribution in [0.15, 0.2) is 77.8 Å². The average molecular weight is 492 g/mol. The molecule has 180 valence electrons. The standard InChI is InChI=1S/C26H25N3O5S/c1-2-7-20-12-17-23(27-18-20)25(30)28-21-13-15-22(16-14-21)35(33,34)29-24(26(31)32)11-6-10-19-8-4-3-5-9-19/h3-5,8-9,12-18,24,29H,2,7,11H2,1H3,(H,28,30)(H,31,32). The van der Waals surface area contributed by atoms with Crippen LogP contribution in [0.4, 0.5) is 5.69 Å². The van der Waals surface area contributed by atoms with Crippen molar-refractivity contribution in [2.24, 2.45) is 0 Å². The smallest absolute Gasteiger partial charge is 0.322 e. The summed E-state index contributed by atoms with van der Waals surface area (Å²) in [7, 11) is -4.13. The molecule has 1 amide bonds. The molecule has 0 aliphatic rings. The van der Waals surface area contributed by atoms with Crippen LogP contribution in [0.2, 0.25) is 0 Å². The Morgan fingerprint density at radius 3 is 2.34 bits per heavy atom. The zero-order valence-electron chi connectivity index (χ0n) is 19.1. The van der Waals surface area contributed by atoms with E-state index in [4.69, 9.17) is 0 Å². The minimum Gasteiger partial charge on any atom is -0.480 e. The summed E-state index contributed by atoms with van der Waals surface area (Å²) in [6.07, 6.45) is 3.30. The lowest BCUT2D eigenvalue weighted by Gasteiger charge is -2.13. The normalized spacial score (nSPS) is 11.7. The van der Waals surface area contributed by atoms with Gasteiger partial charge >= 0.3 is 5.97 Å². The number of carbonyl (C=O) groups is 2. The summed E-state index contributed by atoms with van der Waals surface area (Å²) in [5, 5.41) is 12.1. The molecule has 0 saturated carbocycles. The molecule has 0 radical (unpaired) electrons. The van der Waals surface area contributed by atoms with Crippen molar-refractivity contribution >= 4 is 27.6 Å². The van der Waals surface area contributed by atoms with Gasteiger partial charge in [0.1, 0.15) is 11.7 Å². The third-order valence-corrected chi connectivity index (χ3v) is 6.41. The summed E-state index contributed by atoms with van der Waals surface area (Å²) in [5.41, 5.74) is 2.35. The molecule has 0 saturated heterocycles. The Morgan fingerprint density at radius 2 is 1.74 bits per heavy atom. The Hall–Kier alpha value is -4.00. The first kappa shape index (κ1) is 25.6. The molecule has 2 aromatic carbocycles. The third kappa shape index (κ3) is 7.50. The van der Waals surface area contributed by atoms with E-state index in [0.29, 0.717) is 11.3 Å². The molecule has 35 heavy (non-hydrogen) atoms. The zero-order valence-corrected chi connectivity index (χ0v) is 19.9. The van der Waals surface area contributed by atoms with Crippen LogP contribution in [0.3, 0.4) is 0 Å². The number of aromatic nitrogens is 1. The van der Waals surface area contributed by atoms with Crippen LogP contribution in [0, 0.1) is 11.8 Å². The van der Waals surface area contributed by atoms with Crippen molar-refractivity contribution in [3.63, 3.8) is 0 Å². The van der Waals surface area contributed by atoms with E-state index < -0.39 is 27.9 Å². The van der Waals surface area contributed by atoms with Crippen molar-refractivity contribution in [2.45, 2.75) is 37.1 Å². The fraction of sp³-hybridized carbons (Fsp3) is 0.192. The quantitative estimate of drug-likeness (QED) is 0.394. The molecular formula is C26H25N3O5S. The first-order valence-electron chi connectivity index (χ1n) is 10.9. The average Bonchev–Trinajstić information content (AvgIpc) is 2.85. The second-order valence-electron chi connectivity index (χ2n) is 7.66. The SMILES string of the molecule is CCCc1ccc(C(=O)Nc2ccc(S(=O)(=O)NC(CC#Cc3ccccc3)C(=O)O)cc2)nc1. The van der Waals surface area contributed by atoms with Crippen LogP contribution < -0.4 is 10.0 Å². The fourth-order valence-corrected chi connectivity index (χ4v) is 4.31. The van der Waals surface area contributed by atoms with Gasteiger partial charge in [0.2, 0.25) is 10.0 Å². The summed E-state index contributed by atoms with van der Waals surface area (Å²) in [6.45, 7) is 2.06. The third-order valence-electron chi connectivity index (χ3n) is 4.93. The van der Waals surface area contributed by atoms with E-state index in [2.05, 4.69) is 33.8 Å². The Morgan fingerprint density at radius 1 is 1.03 bits per heavy atom. The first-order valence-corrected chi connectivity index (χ1v) is 12.4. The van der Waals surface area contributed by atoms with Gasteiger partial charge in [0.25, 0.3) is 5.91 Å². The molecule has 8 nitrogen and oxygen atoms in total. The Balaban J connectivity index is 1.64. The molecule has 0 aliphatic heterocycles. The van der Waals surface area contributed by atoms with Gasteiger partial charge in [-0.2, -0.15) is 4.72 Å². The Labute approximate surface area is 204 Å². The van der Waals surface area contributed by atoms with Crippen molar-refractivity contribution in [3.05, 3.63) is 89.7 Å². The van der Waals surface area contributed by atoms with Gasteiger partial charge in [0.15, 0.2) is 0 Å². The van der Waals surface area contributed by atoms with Crippen molar-refractivity contribution in [2.75, 3.05) is 5.32 Å². The maximum atomic E-state index is 12.7. The van der Waals surface area contributed by atoms with Crippen LogP contribution in [0.25, 0.3) is 0 Å². The largest absolute Gasteiger partial charge is 0.480 e. The molecule has 3 rings (SSSR count). The lowest BCUT2D eigenvalue weighted by atomic mass is 10.1. The van der Waals surface area contributed by atoms with E-state index in [1.165, 1.54) is 24.3 Å². The van der Waals surface area contributed by atoms with Crippen molar-refractivity contribution in [3.8, 4) is 11.8 Å². The first-order chi connectivity index (χ1) is 16.8. The number of hydrogen-bond acceptors (Lipinski definition) is 5. The summed E-state index contributed by atoms with van der Waals surface area (Å²) in [6, 6.07) is 16.4. The summed E-state index contributed by atoms with van der Waals surface area (Å²) in [5.74, 6) is 3.75. The molecular weight excluding hydrogens is 466 g/mol. The highest BCUT2D eigenvalue weighted by atomic mass is 32.2. The van der Waals surface area contributed by atoms with Gasteiger partial charge in [-0.15, -0.1) is 0 Å². The van der Waals surface area contributed by atoms with E-state index in [1.54, 1.807) is 36.5 Å². The van der Waals surface area contributed by atoms with Crippen LogP contribution in [-0.2, 0) is 21.2 Å². The van der Waals surface area contributed by atoms with Gasteiger partial charge in [-0.05, 0) is 54.4 Å². The highest BCUT2D eigenvalue weighted by Crippen LogP contribution is 2.16. The molecule has 1 heterocycles. The number of sulfonamides is 1. The number of nitrogens with one attached hydrogen (secondary N) is 2. The number of benzene rings is 2. The van der Waals surface area contributed by atoms with E-state index in [-0.39, 0.29) is 17.0 Å². The van der Waals surface area contributed by atoms with Gasteiger partial charge in [-0.3, -0.25) is 14.6 Å². The predicted molar refractivity (Wildman–Crippen MR) is 132 cm³/mol. The number of anilines is 1. The summed E-state index contributed by atoms with van der Waals surface area (Å²) < 4.78 is 27.6. The maximum absolute atomic E-state index is 12.7. The second kappa shape index (κ2) is 11.9. The van der Waals surface area contributed by atoms with Gasteiger partial charge in [0, 0.05) is 23.9 Å². The number of carbonyl (C=O) groups excluding carboxylic acids is 1. The monoisotopic (exact) mass is 491 g/mol. The molecule has 0 bridgehead atoms. The lowest BCUT2D eigenvalue weighted by Crippen LogP contribution is -2.40. The van der Waals surface area contributed by atoms with Gasteiger partial charge < -0.3 is 10.4 Å². The number of aliphatic carboxylic acids is 1. The van der Waals surface area contributed by atoms with Crippen molar-refractivity contribution in [1.82, 2.24) is 9.71 Å². The van der Waals surface area contributed by atoms with Gasteiger partial charge in [-0.1, -0.05) is 49.5 Å². The topological polar surface area (TPSA) is 125 Å². The Kier molecular flexibility index (Phi) is 8.73. The molecule has 3 aromatic rings. The molecule has 0 spiro atoms. The number of pyridine rings is 1. The molecule has 1 aromatic heterocycles. The summed E-state index contributed by atoms with van der Waals surface area (Å²) in [4.78, 5) is 28.0. The number of hydrogen-bond donors (Lipinski definition) is 3. The van der Waals surface area contributed by atoms with Crippen molar-refractivity contribution in [1.29, 1.82) is 0 Å². The van der Waals surface area contributed by atoms with Crippen molar-refractivity contribution < 1.29 is 23.1 Å². The number of nitrogens with zero attached hydrogens (tertiary/aromatic N) is 1. The lowest BCUT2D eigenvalue weighted by molar-refractivity contribution is -0.138. The number of carboxylic acids is 1. The van der Waals surface area contributed by atoms with E-state index >= 15 is 0 Å². The second-order valence-corrected chi connectivity index (χ2v) is 9.38. The molecule has 1 unspecified atom stereocenters. The van der Waals surface area contributed by atoms with Crippen LogP contribution in [-0.4, -0.2) is 36.4 Å². The number of amides is 1. The fourth-order valence-electron chi connectivity index (χ4n) is 3.12. The molecule has 9 heteroatoms. The maximum Gasteiger partial charge on any atom is 0.322 e. The number of aryl methyl sites for hydroxylation is 1. The van der Waals surface area contributed by atoms with Gasteiger partial charge in [0.05, 0.1) is 4.90 Å². The zero-order chi connectivity index (χ0) is 25.3. The van der Waals surface area contributed by atoms with Crippen LogP contribution in [0.5, 0.6) is 0 Å². The predicted octanol–water partition coefficient (Wildman–Crippen LogP) is 3.46. The highest BCUT2D eigenvalue weighted by molar-refractivity contribution is 7.89. The van der Waals surface area contributed by atoms with E-state index in [9.17, 15) is 23.1 Å². The van der Waals surface area contributed by atoms with E-state index in [1.807, 2.05) is 12.1 Å². The van der Waals surface area contributed by atoms with Crippen LogP contribution >= 0.6 is 0 Å². The minimum absolute atomic E-state index is 0.139. The molecule has 1 atom stereocenters.